The highest BCUT2D eigenvalue weighted by molar-refractivity contribution is 14.0. The number of amides is 1. The fourth-order valence-electron chi connectivity index (χ4n) is 2.32. The van der Waals surface area contributed by atoms with Crippen molar-refractivity contribution in [1.29, 1.82) is 0 Å². The van der Waals surface area contributed by atoms with Gasteiger partial charge in [0.1, 0.15) is 0 Å². The summed E-state index contributed by atoms with van der Waals surface area (Å²) in [6.45, 7) is 4.09. The molecule has 2 aromatic rings. The molecule has 0 radical (unpaired) electrons. The third kappa shape index (κ3) is 8.18. The fourth-order valence-corrected chi connectivity index (χ4v) is 3.11. The van der Waals surface area contributed by atoms with Crippen molar-refractivity contribution in [3.8, 4) is 0 Å². The monoisotopic (exact) mass is 486 g/mol. The lowest BCUT2D eigenvalue weighted by Gasteiger charge is -2.15. The van der Waals surface area contributed by atoms with Gasteiger partial charge < -0.3 is 16.0 Å². The van der Waals surface area contributed by atoms with E-state index >= 15 is 0 Å². The number of benzene rings is 1. The lowest BCUT2D eigenvalue weighted by Crippen LogP contribution is -2.40. The molecular weight excluding hydrogens is 459 g/mol. The summed E-state index contributed by atoms with van der Waals surface area (Å²) in [5.74, 6) is 1.16. The van der Waals surface area contributed by atoms with Crippen LogP contribution in [0.4, 0.5) is 0 Å². The Morgan fingerprint density at radius 3 is 2.58 bits per heavy atom. The van der Waals surface area contributed by atoms with Crippen molar-refractivity contribution in [3.63, 3.8) is 0 Å². The maximum Gasteiger partial charge on any atom is 0.222 e. The lowest BCUT2D eigenvalue weighted by atomic mass is 10.1. The van der Waals surface area contributed by atoms with Crippen molar-refractivity contribution in [3.05, 3.63) is 58.3 Å². The minimum absolute atomic E-state index is 0. The van der Waals surface area contributed by atoms with Crippen molar-refractivity contribution in [1.82, 2.24) is 16.0 Å². The summed E-state index contributed by atoms with van der Waals surface area (Å²) in [4.78, 5) is 16.1. The van der Waals surface area contributed by atoms with Crippen molar-refractivity contribution in [2.45, 2.75) is 25.8 Å². The number of nitrogens with zero attached hydrogens (tertiary/aromatic N) is 1. The summed E-state index contributed by atoms with van der Waals surface area (Å²) in [5.41, 5.74) is 2.43. The van der Waals surface area contributed by atoms with Crippen LogP contribution in [-0.2, 0) is 11.3 Å². The molecule has 1 unspecified atom stereocenters. The van der Waals surface area contributed by atoms with Crippen LogP contribution >= 0.6 is 35.3 Å². The third-order valence-corrected chi connectivity index (χ3v) is 4.59. The number of aliphatic imine (C=N–C) groups is 1. The van der Waals surface area contributed by atoms with E-state index in [4.69, 9.17) is 0 Å². The Hall–Kier alpha value is -1.61. The molecule has 142 valence electrons. The zero-order valence-electron chi connectivity index (χ0n) is 15.2. The molecule has 0 saturated heterocycles. The molecular formula is C19H27IN4OS. The molecule has 0 saturated carbocycles. The number of carbonyl (C=O) groups excluding carboxylic acids is 1. The molecule has 3 N–H and O–H groups in total. The zero-order chi connectivity index (χ0) is 17.9. The highest BCUT2D eigenvalue weighted by Gasteiger charge is 2.07. The van der Waals surface area contributed by atoms with Crippen LogP contribution in [0.25, 0.3) is 0 Å². The molecule has 1 aromatic carbocycles. The van der Waals surface area contributed by atoms with Gasteiger partial charge >= 0.3 is 0 Å². The van der Waals surface area contributed by atoms with Gasteiger partial charge in [0.05, 0.1) is 0 Å². The number of thiophene rings is 1. The first-order valence-corrected chi connectivity index (χ1v) is 9.40. The van der Waals surface area contributed by atoms with Crippen molar-refractivity contribution >= 4 is 47.2 Å². The van der Waals surface area contributed by atoms with Crippen LogP contribution in [0.2, 0.25) is 0 Å². The van der Waals surface area contributed by atoms with E-state index in [1.165, 1.54) is 5.56 Å². The summed E-state index contributed by atoms with van der Waals surface area (Å²) in [5, 5.41) is 13.7. The highest BCUT2D eigenvalue weighted by atomic mass is 127. The van der Waals surface area contributed by atoms with Crippen LogP contribution in [0.1, 0.15) is 30.4 Å². The molecule has 1 aromatic heterocycles. The van der Waals surface area contributed by atoms with E-state index in [0.29, 0.717) is 25.4 Å². The number of carbonyl (C=O) groups is 1. The molecule has 0 aliphatic rings. The lowest BCUT2D eigenvalue weighted by molar-refractivity contribution is -0.121. The normalized spacial score (nSPS) is 12.0. The minimum atomic E-state index is 0. The van der Waals surface area contributed by atoms with Gasteiger partial charge in [-0.15, -0.1) is 24.0 Å². The van der Waals surface area contributed by atoms with Crippen LogP contribution < -0.4 is 16.0 Å². The largest absolute Gasteiger partial charge is 0.356 e. The van der Waals surface area contributed by atoms with E-state index in [0.717, 1.165) is 18.1 Å². The predicted octanol–water partition coefficient (Wildman–Crippen LogP) is 3.34. The third-order valence-electron chi connectivity index (χ3n) is 3.89. The van der Waals surface area contributed by atoms with Gasteiger partial charge in [-0.2, -0.15) is 11.3 Å². The first kappa shape index (κ1) is 22.4. The smallest absolute Gasteiger partial charge is 0.222 e. The number of halogens is 1. The van der Waals surface area contributed by atoms with Crippen molar-refractivity contribution in [2.24, 2.45) is 4.99 Å². The van der Waals surface area contributed by atoms with Crippen molar-refractivity contribution < 1.29 is 4.79 Å². The number of rotatable bonds is 8. The molecule has 0 aliphatic heterocycles. The van der Waals surface area contributed by atoms with Crippen LogP contribution in [0.15, 0.2) is 52.2 Å². The molecule has 2 rings (SSSR count). The van der Waals surface area contributed by atoms with Gasteiger partial charge in [-0.3, -0.25) is 9.79 Å². The second-order valence-electron chi connectivity index (χ2n) is 5.85. The zero-order valence-corrected chi connectivity index (χ0v) is 18.3. The second-order valence-corrected chi connectivity index (χ2v) is 6.63. The number of guanidine groups is 1. The first-order chi connectivity index (χ1) is 12.2. The van der Waals surface area contributed by atoms with Crippen molar-refractivity contribution in [2.75, 3.05) is 20.1 Å². The number of hydrogen-bond acceptors (Lipinski definition) is 3. The van der Waals surface area contributed by atoms with Gasteiger partial charge in [0.25, 0.3) is 0 Å². The van der Waals surface area contributed by atoms with E-state index in [-0.39, 0.29) is 29.9 Å². The Morgan fingerprint density at radius 1 is 1.15 bits per heavy atom. The Kier molecular flexibility index (Phi) is 11.0. The van der Waals surface area contributed by atoms with Gasteiger partial charge in [-0.1, -0.05) is 37.3 Å². The van der Waals surface area contributed by atoms with Gasteiger partial charge in [-0.25, -0.2) is 0 Å². The molecule has 0 aliphatic carbocycles. The number of nitrogens with one attached hydrogen (secondary N) is 3. The summed E-state index contributed by atoms with van der Waals surface area (Å²) >= 11 is 1.71. The van der Waals surface area contributed by atoms with Crippen LogP contribution in [-0.4, -0.2) is 32.0 Å². The second kappa shape index (κ2) is 12.7. The van der Waals surface area contributed by atoms with Gasteiger partial charge in [0.2, 0.25) is 5.91 Å². The van der Waals surface area contributed by atoms with E-state index in [9.17, 15) is 4.79 Å². The van der Waals surface area contributed by atoms with Crippen LogP contribution in [0.5, 0.6) is 0 Å². The molecule has 1 atom stereocenters. The molecule has 1 amide bonds. The standard InChI is InChI=1S/C19H26N4OS.HI/c1-15(17-9-11-25-14-17)12-23-19(20-2)21-10-8-18(24)22-13-16-6-4-3-5-7-16;/h3-7,9,11,14-15H,8,10,12-13H2,1-2H3,(H,22,24)(H2,20,21,23);1H. The SMILES string of the molecule is CN=C(NCCC(=O)NCc1ccccc1)NCC(C)c1ccsc1.I. The molecule has 1 heterocycles. The predicted molar refractivity (Wildman–Crippen MR) is 120 cm³/mol. The highest BCUT2D eigenvalue weighted by Crippen LogP contribution is 2.16. The Bertz CT molecular complexity index is 661. The summed E-state index contributed by atoms with van der Waals surface area (Å²) in [6, 6.07) is 12.0. The Morgan fingerprint density at radius 2 is 1.92 bits per heavy atom. The van der Waals surface area contributed by atoms with E-state index in [2.05, 4.69) is 44.7 Å². The van der Waals surface area contributed by atoms with Crippen LogP contribution in [0, 0.1) is 0 Å². The molecule has 26 heavy (non-hydrogen) atoms. The van der Waals surface area contributed by atoms with Gasteiger partial charge in [-0.05, 0) is 33.9 Å². The van der Waals surface area contributed by atoms with Gasteiger partial charge in [0, 0.05) is 33.1 Å². The summed E-state index contributed by atoms with van der Waals surface area (Å²) in [7, 11) is 1.74. The molecule has 0 spiro atoms. The first-order valence-electron chi connectivity index (χ1n) is 8.46. The number of hydrogen-bond donors (Lipinski definition) is 3. The molecule has 0 bridgehead atoms. The van der Waals surface area contributed by atoms with E-state index in [1.54, 1.807) is 18.4 Å². The average Bonchev–Trinajstić information content (AvgIpc) is 3.18. The average molecular weight is 486 g/mol. The quantitative estimate of drug-likeness (QED) is 0.305. The Labute approximate surface area is 176 Å². The molecule has 7 heteroatoms. The maximum absolute atomic E-state index is 11.9. The Balaban J connectivity index is 0.00000338. The van der Waals surface area contributed by atoms with E-state index in [1.807, 2.05) is 30.3 Å². The fraction of sp³-hybridized carbons (Fsp3) is 0.368. The molecule has 0 fully saturated rings. The van der Waals surface area contributed by atoms with E-state index < -0.39 is 0 Å². The maximum atomic E-state index is 11.9. The minimum Gasteiger partial charge on any atom is -0.356 e. The molecule has 5 nitrogen and oxygen atoms in total. The summed E-state index contributed by atoms with van der Waals surface area (Å²) in [6.07, 6.45) is 0.410. The summed E-state index contributed by atoms with van der Waals surface area (Å²) < 4.78 is 0. The topological polar surface area (TPSA) is 65.5 Å². The van der Waals surface area contributed by atoms with Crippen LogP contribution in [0.3, 0.4) is 0 Å². The van der Waals surface area contributed by atoms with Gasteiger partial charge in [0.15, 0.2) is 5.96 Å².